The number of aromatic nitrogens is 3. The van der Waals surface area contributed by atoms with Crippen LogP contribution in [0.5, 0.6) is 5.75 Å². The van der Waals surface area contributed by atoms with Crippen molar-refractivity contribution in [1.29, 1.82) is 0 Å². The standard InChI is InChI=1S/C21H22N4O2S/c26-21(23-11-15-5-2-1-3-6-15)27-19-8-4-7-16(10-19)17-9-18(13-22-12-17)20-25-24-14-28-20/h4,7-10,12-15H,1-3,5-6,11H2,(H,23,26). The Bertz CT molecular complexity index is 924. The molecule has 144 valence electrons. The molecule has 1 aliphatic rings. The number of pyridine rings is 1. The van der Waals surface area contributed by atoms with E-state index in [2.05, 4.69) is 20.5 Å². The normalized spacial score (nSPS) is 14.6. The second-order valence-corrected chi connectivity index (χ2v) is 7.84. The van der Waals surface area contributed by atoms with Gasteiger partial charge < -0.3 is 10.1 Å². The Balaban J connectivity index is 1.41. The van der Waals surface area contributed by atoms with Gasteiger partial charge in [-0.15, -0.1) is 10.2 Å². The van der Waals surface area contributed by atoms with E-state index in [9.17, 15) is 4.79 Å². The lowest BCUT2D eigenvalue weighted by Gasteiger charge is -2.21. The lowest BCUT2D eigenvalue weighted by Crippen LogP contribution is -2.32. The lowest BCUT2D eigenvalue weighted by atomic mass is 9.89. The molecule has 0 spiro atoms. The van der Waals surface area contributed by atoms with Crippen LogP contribution in [-0.2, 0) is 0 Å². The van der Waals surface area contributed by atoms with E-state index < -0.39 is 6.09 Å². The van der Waals surface area contributed by atoms with Gasteiger partial charge in [-0.3, -0.25) is 4.98 Å². The molecule has 0 unspecified atom stereocenters. The highest BCUT2D eigenvalue weighted by atomic mass is 32.1. The first-order chi connectivity index (χ1) is 13.8. The van der Waals surface area contributed by atoms with Crippen LogP contribution in [0.25, 0.3) is 21.7 Å². The molecule has 6 nitrogen and oxygen atoms in total. The van der Waals surface area contributed by atoms with Crippen LogP contribution >= 0.6 is 11.3 Å². The Morgan fingerprint density at radius 2 is 1.96 bits per heavy atom. The number of hydrogen-bond donors (Lipinski definition) is 1. The maximum Gasteiger partial charge on any atom is 0.412 e. The third-order valence-electron chi connectivity index (χ3n) is 4.98. The smallest absolute Gasteiger partial charge is 0.410 e. The van der Waals surface area contributed by atoms with Gasteiger partial charge in [-0.1, -0.05) is 42.7 Å². The topological polar surface area (TPSA) is 77.0 Å². The van der Waals surface area contributed by atoms with Gasteiger partial charge in [0.15, 0.2) is 0 Å². The fourth-order valence-electron chi connectivity index (χ4n) is 3.51. The first kappa shape index (κ1) is 18.6. The average Bonchev–Trinajstić information content (AvgIpc) is 3.28. The van der Waals surface area contributed by atoms with E-state index in [0.717, 1.165) is 21.7 Å². The van der Waals surface area contributed by atoms with Crippen LogP contribution < -0.4 is 10.1 Å². The summed E-state index contributed by atoms with van der Waals surface area (Å²) in [5.74, 6) is 1.08. The maximum atomic E-state index is 12.2. The monoisotopic (exact) mass is 394 g/mol. The minimum atomic E-state index is -0.400. The minimum Gasteiger partial charge on any atom is -0.410 e. The van der Waals surface area contributed by atoms with E-state index in [-0.39, 0.29) is 0 Å². The van der Waals surface area contributed by atoms with Crippen molar-refractivity contribution in [3.8, 4) is 27.4 Å². The number of carbonyl (C=O) groups is 1. The number of amides is 1. The molecule has 1 aromatic carbocycles. The SMILES string of the molecule is O=C(NCC1CCCCC1)Oc1cccc(-c2cncc(-c3nncs3)c2)c1. The maximum absolute atomic E-state index is 12.2. The van der Waals surface area contributed by atoms with Gasteiger partial charge in [-0.2, -0.15) is 0 Å². The van der Waals surface area contributed by atoms with E-state index in [1.807, 2.05) is 24.3 Å². The molecule has 1 N–H and O–H groups in total. The summed E-state index contributed by atoms with van der Waals surface area (Å²) >= 11 is 1.47. The summed E-state index contributed by atoms with van der Waals surface area (Å²) in [5, 5.41) is 11.7. The molecule has 1 fully saturated rings. The molecule has 0 radical (unpaired) electrons. The summed E-state index contributed by atoms with van der Waals surface area (Å²) in [6.07, 6.45) is 9.35. The molecule has 1 aliphatic carbocycles. The fraction of sp³-hybridized carbons (Fsp3) is 0.333. The van der Waals surface area contributed by atoms with Gasteiger partial charge in [0.25, 0.3) is 0 Å². The zero-order chi connectivity index (χ0) is 19.2. The van der Waals surface area contributed by atoms with Crippen LogP contribution in [0.4, 0.5) is 4.79 Å². The summed E-state index contributed by atoms with van der Waals surface area (Å²) in [5.41, 5.74) is 4.47. The van der Waals surface area contributed by atoms with E-state index >= 15 is 0 Å². The molecule has 0 aliphatic heterocycles. The van der Waals surface area contributed by atoms with Crippen LogP contribution in [0.15, 0.2) is 48.2 Å². The highest BCUT2D eigenvalue weighted by Crippen LogP contribution is 2.28. The Morgan fingerprint density at radius 1 is 1.11 bits per heavy atom. The largest absolute Gasteiger partial charge is 0.412 e. The number of nitrogens with zero attached hydrogens (tertiary/aromatic N) is 3. The third kappa shape index (κ3) is 4.72. The predicted molar refractivity (Wildman–Crippen MR) is 109 cm³/mol. The van der Waals surface area contributed by atoms with Crippen LogP contribution in [0.3, 0.4) is 0 Å². The second-order valence-electron chi connectivity index (χ2n) is 7.01. The number of carbonyl (C=O) groups excluding carboxylic acids is 1. The zero-order valence-corrected chi connectivity index (χ0v) is 16.3. The quantitative estimate of drug-likeness (QED) is 0.663. The van der Waals surface area contributed by atoms with Crippen LogP contribution in [0.2, 0.25) is 0 Å². The number of ether oxygens (including phenoxy) is 1. The molecule has 1 saturated carbocycles. The first-order valence-corrected chi connectivity index (χ1v) is 10.4. The summed E-state index contributed by atoms with van der Waals surface area (Å²) in [6, 6.07) is 9.48. The van der Waals surface area contributed by atoms with Crippen LogP contribution in [0, 0.1) is 5.92 Å². The molecule has 2 heterocycles. The van der Waals surface area contributed by atoms with Crippen molar-refractivity contribution in [3.63, 3.8) is 0 Å². The van der Waals surface area contributed by atoms with Crippen LogP contribution in [0.1, 0.15) is 32.1 Å². The lowest BCUT2D eigenvalue weighted by molar-refractivity contribution is 0.196. The van der Waals surface area contributed by atoms with Gasteiger partial charge in [0.05, 0.1) is 0 Å². The molecule has 1 amide bonds. The molecule has 28 heavy (non-hydrogen) atoms. The molecule has 0 saturated heterocycles. The zero-order valence-electron chi connectivity index (χ0n) is 15.5. The van der Waals surface area contributed by atoms with Gasteiger partial charge in [-0.05, 0) is 42.5 Å². The number of hydrogen-bond acceptors (Lipinski definition) is 6. The van der Waals surface area contributed by atoms with E-state index in [4.69, 9.17) is 4.74 Å². The van der Waals surface area contributed by atoms with Crippen molar-refractivity contribution >= 4 is 17.4 Å². The predicted octanol–water partition coefficient (Wildman–Crippen LogP) is 4.94. The molecule has 2 aromatic heterocycles. The minimum absolute atomic E-state index is 0.400. The second kappa shape index (κ2) is 8.93. The molecular weight excluding hydrogens is 372 g/mol. The molecular formula is C21H22N4O2S. The van der Waals surface area contributed by atoms with Gasteiger partial charge in [-0.25, -0.2) is 4.79 Å². The average molecular weight is 395 g/mol. The molecule has 0 atom stereocenters. The van der Waals surface area contributed by atoms with E-state index in [1.54, 1.807) is 24.0 Å². The number of nitrogens with one attached hydrogen (secondary N) is 1. The summed E-state index contributed by atoms with van der Waals surface area (Å²) < 4.78 is 5.48. The summed E-state index contributed by atoms with van der Waals surface area (Å²) in [7, 11) is 0. The molecule has 3 aromatic rings. The highest BCUT2D eigenvalue weighted by Gasteiger charge is 2.15. The Kier molecular flexibility index (Phi) is 5.92. The van der Waals surface area contributed by atoms with Gasteiger partial charge in [0.2, 0.25) is 0 Å². The van der Waals surface area contributed by atoms with Crippen molar-refractivity contribution in [2.75, 3.05) is 6.54 Å². The Labute approximate surface area is 168 Å². The van der Waals surface area contributed by atoms with Gasteiger partial charge in [0, 0.05) is 30.1 Å². The molecule has 4 rings (SSSR count). The van der Waals surface area contributed by atoms with Crippen molar-refractivity contribution in [2.45, 2.75) is 32.1 Å². The van der Waals surface area contributed by atoms with Crippen molar-refractivity contribution in [2.24, 2.45) is 5.92 Å². The highest BCUT2D eigenvalue weighted by molar-refractivity contribution is 7.12. The van der Waals surface area contributed by atoms with E-state index in [0.29, 0.717) is 18.2 Å². The first-order valence-electron chi connectivity index (χ1n) is 9.55. The number of rotatable bonds is 5. The number of benzene rings is 1. The van der Waals surface area contributed by atoms with Crippen LogP contribution in [-0.4, -0.2) is 27.8 Å². The van der Waals surface area contributed by atoms with Gasteiger partial charge >= 0.3 is 6.09 Å². The summed E-state index contributed by atoms with van der Waals surface area (Å²) in [4.78, 5) is 16.5. The Morgan fingerprint density at radius 3 is 2.79 bits per heavy atom. The third-order valence-corrected chi connectivity index (χ3v) is 5.72. The van der Waals surface area contributed by atoms with Crippen molar-refractivity contribution < 1.29 is 9.53 Å². The van der Waals surface area contributed by atoms with Crippen molar-refractivity contribution in [3.05, 3.63) is 48.2 Å². The van der Waals surface area contributed by atoms with Crippen molar-refractivity contribution in [1.82, 2.24) is 20.5 Å². The molecule has 0 bridgehead atoms. The van der Waals surface area contributed by atoms with Gasteiger partial charge in [0.1, 0.15) is 16.3 Å². The summed E-state index contributed by atoms with van der Waals surface area (Å²) in [6.45, 7) is 0.687. The Hall–Kier alpha value is -2.80. The molecule has 7 heteroatoms. The van der Waals surface area contributed by atoms with E-state index in [1.165, 1.54) is 43.4 Å². The fourth-order valence-corrected chi connectivity index (χ4v) is 4.05.